The Morgan fingerprint density at radius 2 is 1.73 bits per heavy atom. The number of carboxylic acid groups (broad SMARTS) is 1. The van der Waals surface area contributed by atoms with E-state index in [9.17, 15) is 23.1 Å². The molecule has 2 aromatic rings. The average Bonchev–Trinajstić information content (AvgIpc) is 2.59. The molecule has 0 radical (unpaired) electrons. The van der Waals surface area contributed by atoms with Crippen LogP contribution in [0.5, 0.6) is 5.75 Å². The number of amides is 1. The van der Waals surface area contributed by atoms with Gasteiger partial charge in [-0.15, -0.1) is 0 Å². The van der Waals surface area contributed by atoms with Crippen molar-refractivity contribution in [2.24, 2.45) is 0 Å². The number of aromatic carboxylic acids is 1. The molecule has 0 aromatic heterocycles. The first kappa shape index (κ1) is 19.3. The van der Waals surface area contributed by atoms with Crippen molar-refractivity contribution in [3.63, 3.8) is 0 Å². The molecule has 0 heterocycles. The second kappa shape index (κ2) is 7.87. The normalized spacial score (nSPS) is 10.8. The Morgan fingerprint density at radius 3 is 2.27 bits per heavy atom. The molecule has 0 aliphatic rings. The van der Waals surface area contributed by atoms with E-state index in [0.717, 1.165) is 10.6 Å². The van der Waals surface area contributed by atoms with Gasteiger partial charge in [0, 0.05) is 11.3 Å². The molecule has 0 spiro atoms. The second-order valence-corrected chi connectivity index (χ2v) is 7.26. The first-order valence-corrected chi connectivity index (χ1v) is 9.29. The van der Waals surface area contributed by atoms with E-state index in [4.69, 9.17) is 4.74 Å². The van der Waals surface area contributed by atoms with Crippen molar-refractivity contribution in [2.75, 3.05) is 29.5 Å². The zero-order valence-corrected chi connectivity index (χ0v) is 14.9. The van der Waals surface area contributed by atoms with E-state index in [1.165, 1.54) is 37.4 Å². The molecule has 2 aromatic carbocycles. The smallest absolute Gasteiger partial charge is 0.245 e. The summed E-state index contributed by atoms with van der Waals surface area (Å²) in [7, 11) is -2.27. The first-order chi connectivity index (χ1) is 12.2. The minimum atomic E-state index is -3.75. The summed E-state index contributed by atoms with van der Waals surface area (Å²) in [5.74, 6) is -1.61. The molecule has 26 heavy (non-hydrogen) atoms. The Morgan fingerprint density at radius 1 is 1.12 bits per heavy atom. The third-order valence-corrected chi connectivity index (χ3v) is 4.61. The van der Waals surface area contributed by atoms with Crippen LogP contribution in [-0.4, -0.2) is 40.2 Å². The van der Waals surface area contributed by atoms with Gasteiger partial charge in [-0.25, -0.2) is 8.42 Å². The Hall–Kier alpha value is -3.07. The highest BCUT2D eigenvalue weighted by molar-refractivity contribution is 7.92. The van der Waals surface area contributed by atoms with Gasteiger partial charge in [0.2, 0.25) is 15.9 Å². The van der Waals surface area contributed by atoms with Crippen molar-refractivity contribution >= 4 is 33.3 Å². The van der Waals surface area contributed by atoms with E-state index in [1.54, 1.807) is 18.2 Å². The van der Waals surface area contributed by atoms with Gasteiger partial charge in [-0.1, -0.05) is 18.2 Å². The van der Waals surface area contributed by atoms with E-state index in [1.807, 2.05) is 0 Å². The number of nitrogens with zero attached hydrogens (tertiary/aromatic N) is 1. The maximum absolute atomic E-state index is 12.3. The number of carboxylic acids is 1. The molecular weight excluding hydrogens is 360 g/mol. The first-order valence-electron chi connectivity index (χ1n) is 7.44. The fraction of sp³-hybridized carbons (Fsp3) is 0.176. The van der Waals surface area contributed by atoms with Crippen LogP contribution in [-0.2, 0) is 14.8 Å². The molecule has 0 fully saturated rings. The minimum absolute atomic E-state index is 0.0284. The molecule has 0 aliphatic carbocycles. The molecule has 0 bridgehead atoms. The summed E-state index contributed by atoms with van der Waals surface area (Å²) >= 11 is 0. The molecule has 0 atom stereocenters. The van der Waals surface area contributed by atoms with Crippen LogP contribution in [0.2, 0.25) is 0 Å². The number of nitrogens with one attached hydrogen (secondary N) is 1. The van der Waals surface area contributed by atoms with Gasteiger partial charge in [0.05, 0.1) is 25.0 Å². The highest BCUT2D eigenvalue weighted by atomic mass is 32.2. The standard InChI is InChI=1S/C17H18N2O6S/c1-25-13-9-7-12(8-10-13)19(26(2,23)24)11-16(20)18-15-6-4-3-5-14(15)17(21)22/h3-10H,11H2,1-2H3,(H,18,20)(H,21,22)/p-1. The summed E-state index contributed by atoms with van der Waals surface area (Å²) in [6, 6.07) is 11.8. The molecular formula is C17H17N2O6S-. The molecule has 1 amide bonds. The fourth-order valence-electron chi connectivity index (χ4n) is 2.24. The Labute approximate surface area is 151 Å². The lowest BCUT2D eigenvalue weighted by atomic mass is 10.2. The lowest BCUT2D eigenvalue weighted by Gasteiger charge is -2.22. The van der Waals surface area contributed by atoms with Gasteiger partial charge in [0.15, 0.2) is 0 Å². The molecule has 1 N–H and O–H groups in total. The average molecular weight is 377 g/mol. The van der Waals surface area contributed by atoms with E-state index in [-0.39, 0.29) is 16.9 Å². The van der Waals surface area contributed by atoms with Crippen molar-refractivity contribution < 1.29 is 27.9 Å². The number of para-hydroxylation sites is 1. The number of methoxy groups -OCH3 is 1. The molecule has 0 saturated heterocycles. The predicted molar refractivity (Wildman–Crippen MR) is 94.6 cm³/mol. The van der Waals surface area contributed by atoms with Gasteiger partial charge in [-0.2, -0.15) is 0 Å². The molecule has 0 unspecified atom stereocenters. The van der Waals surface area contributed by atoms with E-state index < -0.39 is 28.4 Å². The van der Waals surface area contributed by atoms with Crippen LogP contribution in [0.1, 0.15) is 10.4 Å². The van der Waals surface area contributed by atoms with Crippen LogP contribution in [0, 0.1) is 0 Å². The number of rotatable bonds is 7. The van der Waals surface area contributed by atoms with Gasteiger partial charge < -0.3 is 20.0 Å². The van der Waals surface area contributed by atoms with E-state index >= 15 is 0 Å². The molecule has 0 aliphatic heterocycles. The lowest BCUT2D eigenvalue weighted by Crippen LogP contribution is -2.37. The number of benzene rings is 2. The second-order valence-electron chi connectivity index (χ2n) is 5.35. The van der Waals surface area contributed by atoms with E-state index in [0.29, 0.717) is 5.75 Å². The van der Waals surface area contributed by atoms with Crippen molar-refractivity contribution in [2.45, 2.75) is 0 Å². The van der Waals surface area contributed by atoms with Crippen LogP contribution in [0.4, 0.5) is 11.4 Å². The molecule has 2 rings (SSSR count). The lowest BCUT2D eigenvalue weighted by molar-refractivity contribution is -0.254. The summed E-state index contributed by atoms with van der Waals surface area (Å²) in [6.07, 6.45) is 0.972. The zero-order chi connectivity index (χ0) is 19.3. The van der Waals surface area contributed by atoms with Gasteiger partial charge in [-0.3, -0.25) is 9.10 Å². The predicted octanol–water partition coefficient (Wildman–Crippen LogP) is 0.463. The maximum Gasteiger partial charge on any atom is 0.245 e. The maximum atomic E-state index is 12.3. The Bertz CT molecular complexity index is 909. The van der Waals surface area contributed by atoms with Gasteiger partial charge in [0.1, 0.15) is 12.3 Å². The quantitative estimate of drug-likeness (QED) is 0.750. The Kier molecular flexibility index (Phi) is 5.83. The SMILES string of the molecule is COc1ccc(N(CC(=O)Nc2ccccc2C(=O)[O-])S(C)(=O)=O)cc1. The fourth-order valence-corrected chi connectivity index (χ4v) is 3.10. The minimum Gasteiger partial charge on any atom is -0.545 e. The van der Waals surface area contributed by atoms with Crippen LogP contribution < -0.4 is 19.5 Å². The number of ether oxygens (including phenoxy) is 1. The van der Waals surface area contributed by atoms with E-state index in [2.05, 4.69) is 5.32 Å². The van der Waals surface area contributed by atoms with Crippen molar-refractivity contribution in [3.8, 4) is 5.75 Å². The highest BCUT2D eigenvalue weighted by Gasteiger charge is 2.21. The van der Waals surface area contributed by atoms with Gasteiger partial charge in [-0.05, 0) is 30.3 Å². The Balaban J connectivity index is 2.24. The molecule has 138 valence electrons. The number of sulfonamides is 1. The number of hydrogen-bond donors (Lipinski definition) is 1. The molecule has 8 nitrogen and oxygen atoms in total. The topological polar surface area (TPSA) is 116 Å². The third kappa shape index (κ3) is 4.73. The number of anilines is 2. The van der Waals surface area contributed by atoms with Crippen LogP contribution in [0.3, 0.4) is 0 Å². The summed E-state index contributed by atoms with van der Waals surface area (Å²) in [5, 5.41) is 13.5. The summed E-state index contributed by atoms with van der Waals surface area (Å²) in [6.45, 7) is -0.521. The number of hydrogen-bond acceptors (Lipinski definition) is 6. The van der Waals surface area contributed by atoms with Crippen LogP contribution >= 0.6 is 0 Å². The van der Waals surface area contributed by atoms with Crippen LogP contribution in [0.15, 0.2) is 48.5 Å². The highest BCUT2D eigenvalue weighted by Crippen LogP contribution is 2.22. The zero-order valence-electron chi connectivity index (χ0n) is 14.1. The molecule has 9 heteroatoms. The summed E-state index contributed by atoms with van der Waals surface area (Å²) in [5.41, 5.74) is 0.105. The third-order valence-electron chi connectivity index (χ3n) is 3.47. The van der Waals surface area contributed by atoms with Crippen molar-refractivity contribution in [1.82, 2.24) is 0 Å². The monoisotopic (exact) mass is 377 g/mol. The van der Waals surface area contributed by atoms with Crippen molar-refractivity contribution in [1.29, 1.82) is 0 Å². The molecule has 0 saturated carbocycles. The van der Waals surface area contributed by atoms with Gasteiger partial charge in [0.25, 0.3) is 0 Å². The van der Waals surface area contributed by atoms with Crippen molar-refractivity contribution in [3.05, 3.63) is 54.1 Å². The van der Waals surface area contributed by atoms with Gasteiger partial charge >= 0.3 is 0 Å². The summed E-state index contributed by atoms with van der Waals surface area (Å²) in [4.78, 5) is 23.4. The summed E-state index contributed by atoms with van der Waals surface area (Å²) < 4.78 is 30.0. The largest absolute Gasteiger partial charge is 0.545 e. The van der Waals surface area contributed by atoms with Crippen LogP contribution in [0.25, 0.3) is 0 Å². The number of carbonyl (C=O) groups excluding carboxylic acids is 2. The number of carbonyl (C=O) groups is 2.